The minimum absolute atomic E-state index is 0.00255. The highest BCUT2D eigenvalue weighted by Gasteiger charge is 2.06. The normalized spacial score (nSPS) is 11.2. The smallest absolute Gasteiger partial charge is 0.261 e. The summed E-state index contributed by atoms with van der Waals surface area (Å²) in [5.41, 5.74) is 1.81. The van der Waals surface area contributed by atoms with E-state index in [9.17, 15) is 4.79 Å². The van der Waals surface area contributed by atoms with E-state index in [2.05, 4.69) is 4.98 Å². The van der Waals surface area contributed by atoms with Gasteiger partial charge in [-0.15, -0.1) is 0 Å². The van der Waals surface area contributed by atoms with Crippen LogP contribution in [0.4, 0.5) is 0 Å². The number of aryl methyl sites for hydroxylation is 1. The van der Waals surface area contributed by atoms with Crippen molar-refractivity contribution < 1.29 is 9.47 Å². The Hall–Kier alpha value is -3.08. The van der Waals surface area contributed by atoms with E-state index in [-0.39, 0.29) is 5.56 Å². The number of benzene rings is 2. The first-order valence-electron chi connectivity index (χ1n) is 9.10. The Morgan fingerprint density at radius 3 is 2.78 bits per heavy atom. The van der Waals surface area contributed by atoms with Gasteiger partial charge in [-0.3, -0.25) is 9.36 Å². The first-order chi connectivity index (χ1) is 13.2. The van der Waals surface area contributed by atoms with Crippen molar-refractivity contribution in [3.8, 4) is 11.5 Å². The fourth-order valence-electron chi connectivity index (χ4n) is 2.93. The molecule has 3 aromatic rings. The van der Waals surface area contributed by atoms with Crippen LogP contribution in [0.3, 0.4) is 0 Å². The second kappa shape index (κ2) is 9.03. The van der Waals surface area contributed by atoms with Crippen molar-refractivity contribution in [3.63, 3.8) is 0 Å². The van der Waals surface area contributed by atoms with Crippen molar-refractivity contribution >= 4 is 17.0 Å². The quantitative estimate of drug-likeness (QED) is 0.559. The molecule has 0 radical (unpaired) electrons. The highest BCUT2D eigenvalue weighted by Crippen LogP contribution is 2.28. The summed E-state index contributed by atoms with van der Waals surface area (Å²) >= 11 is 0. The van der Waals surface area contributed by atoms with Crippen LogP contribution < -0.4 is 15.0 Å². The Bertz CT molecular complexity index is 992. The molecule has 0 saturated carbocycles. The fraction of sp³-hybridized carbons (Fsp3) is 0.273. The largest absolute Gasteiger partial charge is 0.493 e. The predicted molar refractivity (Wildman–Crippen MR) is 108 cm³/mol. The molecule has 0 amide bonds. The summed E-state index contributed by atoms with van der Waals surface area (Å²) in [7, 11) is 1.64. The van der Waals surface area contributed by atoms with Gasteiger partial charge in [-0.1, -0.05) is 30.4 Å². The fourth-order valence-corrected chi connectivity index (χ4v) is 2.93. The lowest BCUT2D eigenvalue weighted by Crippen LogP contribution is -2.20. The molecule has 0 unspecified atom stereocenters. The highest BCUT2D eigenvalue weighted by molar-refractivity contribution is 5.76. The molecule has 0 bridgehead atoms. The van der Waals surface area contributed by atoms with E-state index in [1.54, 1.807) is 18.0 Å². The summed E-state index contributed by atoms with van der Waals surface area (Å²) in [4.78, 5) is 16.8. The zero-order chi connectivity index (χ0) is 19.1. The number of hydrogen-bond donors (Lipinski definition) is 0. The standard InChI is InChI=1S/C22H24N2O3/c1-3-8-17-11-12-20(21(15-17)26-2)27-14-7-6-13-24-16-23-19-10-5-4-9-18(19)22(24)25/h3-5,8-12,15-16H,6-7,13-14H2,1-2H3. The molecule has 27 heavy (non-hydrogen) atoms. The van der Waals surface area contributed by atoms with Gasteiger partial charge in [0, 0.05) is 6.54 Å². The van der Waals surface area contributed by atoms with Crippen LogP contribution in [0.1, 0.15) is 25.3 Å². The number of aromatic nitrogens is 2. The number of rotatable bonds is 8. The Balaban J connectivity index is 1.54. The molecule has 3 rings (SSSR count). The molecule has 5 nitrogen and oxygen atoms in total. The van der Waals surface area contributed by atoms with Gasteiger partial charge in [0.25, 0.3) is 5.56 Å². The second-order valence-corrected chi connectivity index (χ2v) is 6.23. The maximum Gasteiger partial charge on any atom is 0.261 e. The van der Waals surface area contributed by atoms with Gasteiger partial charge in [0.15, 0.2) is 11.5 Å². The Kier molecular flexibility index (Phi) is 6.26. The molecule has 0 aliphatic heterocycles. The molecule has 0 atom stereocenters. The summed E-state index contributed by atoms with van der Waals surface area (Å²) in [6.45, 7) is 3.17. The number of para-hydroxylation sites is 1. The Labute approximate surface area is 158 Å². The van der Waals surface area contributed by atoms with Crippen molar-refractivity contribution in [2.45, 2.75) is 26.3 Å². The van der Waals surface area contributed by atoms with Crippen molar-refractivity contribution in [2.75, 3.05) is 13.7 Å². The van der Waals surface area contributed by atoms with Crippen LogP contribution >= 0.6 is 0 Å². The Morgan fingerprint density at radius 2 is 1.96 bits per heavy atom. The number of ether oxygens (including phenoxy) is 2. The van der Waals surface area contributed by atoms with Crippen LogP contribution in [0.2, 0.25) is 0 Å². The maximum absolute atomic E-state index is 12.5. The molecule has 0 aliphatic rings. The molecule has 0 spiro atoms. The summed E-state index contributed by atoms with van der Waals surface area (Å²) in [5.74, 6) is 1.45. The van der Waals surface area contributed by atoms with Gasteiger partial charge in [-0.05, 0) is 49.6 Å². The number of unbranched alkanes of at least 4 members (excludes halogenated alkanes) is 1. The molecule has 5 heteroatoms. The number of hydrogen-bond acceptors (Lipinski definition) is 4. The molecular formula is C22H24N2O3. The molecule has 0 saturated heterocycles. The first kappa shape index (κ1) is 18.7. The summed E-state index contributed by atoms with van der Waals surface area (Å²) < 4.78 is 12.9. The summed E-state index contributed by atoms with van der Waals surface area (Å²) in [5, 5.41) is 0.655. The van der Waals surface area contributed by atoms with Crippen molar-refractivity contribution in [3.05, 3.63) is 70.8 Å². The average Bonchev–Trinajstić information content (AvgIpc) is 2.70. The van der Waals surface area contributed by atoms with Gasteiger partial charge in [0.2, 0.25) is 0 Å². The second-order valence-electron chi connectivity index (χ2n) is 6.23. The zero-order valence-corrected chi connectivity index (χ0v) is 15.7. The lowest BCUT2D eigenvalue weighted by molar-refractivity contribution is 0.283. The van der Waals surface area contributed by atoms with Gasteiger partial charge >= 0.3 is 0 Å². The Morgan fingerprint density at radius 1 is 1.11 bits per heavy atom. The van der Waals surface area contributed by atoms with E-state index in [0.29, 0.717) is 18.5 Å². The minimum Gasteiger partial charge on any atom is -0.493 e. The third-order valence-corrected chi connectivity index (χ3v) is 4.33. The van der Waals surface area contributed by atoms with Crippen LogP contribution in [-0.4, -0.2) is 23.3 Å². The van der Waals surface area contributed by atoms with Gasteiger partial charge in [0.1, 0.15) is 0 Å². The van der Waals surface area contributed by atoms with Crippen LogP contribution in [0.15, 0.2) is 59.7 Å². The lowest BCUT2D eigenvalue weighted by atomic mass is 10.2. The van der Waals surface area contributed by atoms with E-state index in [4.69, 9.17) is 9.47 Å². The molecule has 140 valence electrons. The van der Waals surface area contributed by atoms with Crippen molar-refractivity contribution in [1.82, 2.24) is 9.55 Å². The van der Waals surface area contributed by atoms with Crippen LogP contribution in [0.25, 0.3) is 17.0 Å². The minimum atomic E-state index is 0.00255. The topological polar surface area (TPSA) is 53.4 Å². The number of methoxy groups -OCH3 is 1. The summed E-state index contributed by atoms with van der Waals surface area (Å²) in [6.07, 6.45) is 7.28. The number of allylic oxidation sites excluding steroid dienone is 1. The third-order valence-electron chi connectivity index (χ3n) is 4.33. The van der Waals surface area contributed by atoms with Gasteiger partial charge in [0.05, 0.1) is 30.9 Å². The average molecular weight is 364 g/mol. The number of fused-ring (bicyclic) bond motifs is 1. The van der Waals surface area contributed by atoms with E-state index >= 15 is 0 Å². The third kappa shape index (κ3) is 4.56. The van der Waals surface area contributed by atoms with Gasteiger partial charge in [-0.2, -0.15) is 0 Å². The van der Waals surface area contributed by atoms with Gasteiger partial charge in [-0.25, -0.2) is 4.98 Å². The highest BCUT2D eigenvalue weighted by atomic mass is 16.5. The van der Waals surface area contributed by atoms with E-state index < -0.39 is 0 Å². The lowest BCUT2D eigenvalue weighted by Gasteiger charge is -2.12. The molecule has 0 N–H and O–H groups in total. The molecule has 0 aliphatic carbocycles. The van der Waals surface area contributed by atoms with Crippen molar-refractivity contribution in [2.24, 2.45) is 0 Å². The molecular weight excluding hydrogens is 340 g/mol. The molecule has 0 fully saturated rings. The molecule has 1 aromatic heterocycles. The predicted octanol–water partition coefficient (Wildman–Crippen LogP) is 4.30. The molecule has 2 aromatic carbocycles. The van der Waals surface area contributed by atoms with Crippen molar-refractivity contribution in [1.29, 1.82) is 0 Å². The molecule has 1 heterocycles. The van der Waals surface area contributed by atoms with Crippen LogP contribution in [0, 0.1) is 0 Å². The monoisotopic (exact) mass is 364 g/mol. The zero-order valence-electron chi connectivity index (χ0n) is 15.7. The number of nitrogens with zero attached hydrogens (tertiary/aromatic N) is 2. The maximum atomic E-state index is 12.5. The van der Waals surface area contributed by atoms with E-state index in [0.717, 1.165) is 35.4 Å². The van der Waals surface area contributed by atoms with E-state index in [1.807, 2.05) is 61.5 Å². The van der Waals surface area contributed by atoms with Gasteiger partial charge < -0.3 is 9.47 Å². The summed E-state index contributed by atoms with van der Waals surface area (Å²) in [6, 6.07) is 13.3. The van der Waals surface area contributed by atoms with E-state index in [1.165, 1.54) is 0 Å². The van der Waals surface area contributed by atoms with Crippen LogP contribution in [0.5, 0.6) is 11.5 Å². The van der Waals surface area contributed by atoms with Crippen LogP contribution in [-0.2, 0) is 6.54 Å². The SMILES string of the molecule is CC=Cc1ccc(OCCCCn2cnc3ccccc3c2=O)c(OC)c1. The first-order valence-corrected chi connectivity index (χ1v) is 9.10.